The fourth-order valence-corrected chi connectivity index (χ4v) is 2.85. The van der Waals surface area contributed by atoms with Crippen LogP contribution in [0.15, 0.2) is 36.4 Å². The minimum atomic E-state index is -4.28. The minimum Gasteiger partial charge on any atom is -0.166 e. The number of alkyl halides is 3. The van der Waals surface area contributed by atoms with Crippen molar-refractivity contribution in [3.63, 3.8) is 0 Å². The Bertz CT molecular complexity index is 642. The Hall–Kier alpha value is -1.77. The van der Waals surface area contributed by atoms with E-state index in [-0.39, 0.29) is 5.41 Å². The molecule has 3 rings (SSSR count). The van der Waals surface area contributed by atoms with Crippen LogP contribution in [0.4, 0.5) is 13.2 Å². The van der Waals surface area contributed by atoms with E-state index in [1.807, 2.05) is 6.07 Å². The average Bonchev–Trinajstić information content (AvgIpc) is 2.73. The smallest absolute Gasteiger partial charge is 0.166 e. The Morgan fingerprint density at radius 1 is 0.762 bits per heavy atom. The molecule has 0 heterocycles. The molecule has 0 saturated heterocycles. The van der Waals surface area contributed by atoms with Gasteiger partial charge in [0.1, 0.15) is 0 Å². The molecule has 0 aliphatic heterocycles. The van der Waals surface area contributed by atoms with E-state index in [0.717, 1.165) is 22.3 Å². The van der Waals surface area contributed by atoms with Crippen molar-refractivity contribution in [3.8, 4) is 11.1 Å². The summed E-state index contributed by atoms with van der Waals surface area (Å²) in [7, 11) is 0. The molecule has 0 nitrogen and oxygen atoms in total. The lowest BCUT2D eigenvalue weighted by atomic mass is 9.85. The number of hydrogen-bond acceptors (Lipinski definition) is 0. The van der Waals surface area contributed by atoms with E-state index in [4.69, 9.17) is 0 Å². The topological polar surface area (TPSA) is 0 Å². The van der Waals surface area contributed by atoms with Crippen molar-refractivity contribution in [1.82, 2.24) is 0 Å². The van der Waals surface area contributed by atoms with E-state index in [2.05, 4.69) is 32.9 Å². The van der Waals surface area contributed by atoms with Crippen molar-refractivity contribution in [2.24, 2.45) is 0 Å². The van der Waals surface area contributed by atoms with Crippen LogP contribution in [0.5, 0.6) is 0 Å². The van der Waals surface area contributed by atoms with Crippen LogP contribution in [0.1, 0.15) is 43.0 Å². The van der Waals surface area contributed by atoms with Crippen LogP contribution >= 0.6 is 0 Å². The molecule has 0 unspecified atom stereocenters. The summed E-state index contributed by atoms with van der Waals surface area (Å²) >= 11 is 0. The highest BCUT2D eigenvalue weighted by molar-refractivity contribution is 5.77. The third kappa shape index (κ3) is 2.45. The van der Waals surface area contributed by atoms with E-state index in [1.54, 1.807) is 6.07 Å². The summed E-state index contributed by atoms with van der Waals surface area (Å²) in [6.45, 7) is 6.41. The Labute approximate surface area is 122 Å². The van der Waals surface area contributed by atoms with E-state index >= 15 is 0 Å². The normalized spacial score (nSPS) is 14.0. The summed E-state index contributed by atoms with van der Waals surface area (Å²) in [5.74, 6) is 0. The largest absolute Gasteiger partial charge is 0.416 e. The molecule has 21 heavy (non-hydrogen) atoms. The van der Waals surface area contributed by atoms with Gasteiger partial charge in [0.2, 0.25) is 0 Å². The first-order valence-electron chi connectivity index (χ1n) is 7.00. The first-order valence-corrected chi connectivity index (χ1v) is 7.00. The molecule has 0 fully saturated rings. The number of fused-ring (bicyclic) bond motifs is 3. The summed E-state index contributed by atoms with van der Waals surface area (Å²) in [6, 6.07) is 10.3. The fourth-order valence-electron chi connectivity index (χ4n) is 2.85. The summed E-state index contributed by atoms with van der Waals surface area (Å²) in [5.41, 5.74) is 4.57. The zero-order chi connectivity index (χ0) is 15.4. The van der Waals surface area contributed by atoms with Gasteiger partial charge >= 0.3 is 6.18 Å². The molecule has 0 bridgehead atoms. The summed E-state index contributed by atoms with van der Waals surface area (Å²) in [6.07, 6.45) is -3.70. The van der Waals surface area contributed by atoms with Crippen molar-refractivity contribution in [1.29, 1.82) is 0 Å². The third-order valence-electron chi connectivity index (χ3n) is 4.07. The molecule has 2 aromatic carbocycles. The lowest BCUT2D eigenvalue weighted by molar-refractivity contribution is -0.137. The molecule has 110 valence electrons. The Morgan fingerprint density at radius 3 is 1.71 bits per heavy atom. The zero-order valence-corrected chi connectivity index (χ0v) is 12.3. The third-order valence-corrected chi connectivity index (χ3v) is 4.07. The number of hydrogen-bond donors (Lipinski definition) is 0. The van der Waals surface area contributed by atoms with Gasteiger partial charge in [0.05, 0.1) is 5.56 Å². The van der Waals surface area contributed by atoms with Crippen molar-refractivity contribution in [2.75, 3.05) is 0 Å². The minimum absolute atomic E-state index is 0.0426. The maximum Gasteiger partial charge on any atom is 0.416 e. The van der Waals surface area contributed by atoms with E-state index in [9.17, 15) is 13.2 Å². The van der Waals surface area contributed by atoms with Crippen LogP contribution in [-0.2, 0) is 18.0 Å². The molecule has 1 aliphatic rings. The predicted octanol–water partition coefficient (Wildman–Crippen LogP) is 5.57. The second-order valence-corrected chi connectivity index (χ2v) is 6.67. The van der Waals surface area contributed by atoms with Crippen LogP contribution in [0.2, 0.25) is 0 Å². The first kappa shape index (κ1) is 14.2. The number of rotatable bonds is 0. The summed E-state index contributed by atoms with van der Waals surface area (Å²) < 4.78 is 38.4. The summed E-state index contributed by atoms with van der Waals surface area (Å²) in [4.78, 5) is 0. The predicted molar refractivity (Wildman–Crippen MR) is 78.4 cm³/mol. The molecule has 0 N–H and O–H groups in total. The molecule has 0 spiro atoms. The van der Waals surface area contributed by atoms with Crippen LogP contribution in [-0.4, -0.2) is 0 Å². The van der Waals surface area contributed by atoms with Gasteiger partial charge in [-0.05, 0) is 51.8 Å². The maximum absolute atomic E-state index is 12.8. The van der Waals surface area contributed by atoms with Crippen LogP contribution in [0, 0.1) is 0 Å². The highest BCUT2D eigenvalue weighted by Gasteiger charge is 2.32. The standard InChI is InChI=1S/C18H17F3/c1-17(2,3)13-4-6-15-11(9-13)8-12-10-14(18(19,20)21)5-7-16(12)15/h4-7,9-10H,8H2,1-3H3. The number of benzene rings is 2. The molecular formula is C18H17F3. The number of halogens is 3. The SMILES string of the molecule is CC(C)(C)c1ccc2c(c1)Cc1cc(C(F)(F)F)ccc1-2. The van der Waals surface area contributed by atoms with Gasteiger partial charge in [-0.1, -0.05) is 45.0 Å². The van der Waals surface area contributed by atoms with E-state index in [1.165, 1.54) is 17.7 Å². The van der Waals surface area contributed by atoms with Gasteiger partial charge < -0.3 is 0 Å². The van der Waals surface area contributed by atoms with Crippen LogP contribution in [0.3, 0.4) is 0 Å². The van der Waals surface area contributed by atoms with Crippen molar-refractivity contribution < 1.29 is 13.2 Å². The highest BCUT2D eigenvalue weighted by Crippen LogP contribution is 2.41. The molecule has 2 aromatic rings. The summed E-state index contributed by atoms with van der Waals surface area (Å²) in [5, 5.41) is 0. The van der Waals surface area contributed by atoms with Gasteiger partial charge in [-0.2, -0.15) is 13.2 Å². The van der Waals surface area contributed by atoms with Gasteiger partial charge in [0, 0.05) is 0 Å². The fraction of sp³-hybridized carbons (Fsp3) is 0.333. The molecule has 3 heteroatoms. The average molecular weight is 290 g/mol. The van der Waals surface area contributed by atoms with Crippen LogP contribution in [0.25, 0.3) is 11.1 Å². The maximum atomic E-state index is 12.8. The van der Waals surface area contributed by atoms with Gasteiger partial charge in [-0.25, -0.2) is 0 Å². The molecule has 0 amide bonds. The lowest BCUT2D eigenvalue weighted by Crippen LogP contribution is -2.11. The quantitative estimate of drug-likeness (QED) is 0.507. The van der Waals surface area contributed by atoms with Crippen molar-refractivity contribution in [2.45, 2.75) is 38.8 Å². The van der Waals surface area contributed by atoms with E-state index in [0.29, 0.717) is 6.42 Å². The van der Waals surface area contributed by atoms with Gasteiger partial charge in [-0.15, -0.1) is 0 Å². The van der Waals surface area contributed by atoms with E-state index < -0.39 is 11.7 Å². The highest BCUT2D eigenvalue weighted by atomic mass is 19.4. The van der Waals surface area contributed by atoms with Crippen molar-refractivity contribution in [3.05, 3.63) is 58.7 Å². The Morgan fingerprint density at radius 2 is 1.24 bits per heavy atom. The van der Waals surface area contributed by atoms with Gasteiger partial charge in [-0.3, -0.25) is 0 Å². The molecule has 0 atom stereocenters. The Balaban J connectivity index is 2.06. The Kier molecular flexibility index (Phi) is 2.94. The van der Waals surface area contributed by atoms with Crippen LogP contribution < -0.4 is 0 Å². The second-order valence-electron chi connectivity index (χ2n) is 6.67. The molecule has 0 saturated carbocycles. The second kappa shape index (κ2) is 4.36. The van der Waals surface area contributed by atoms with Gasteiger partial charge in [0.25, 0.3) is 0 Å². The molecule has 0 radical (unpaired) electrons. The van der Waals surface area contributed by atoms with Crippen molar-refractivity contribution >= 4 is 0 Å². The monoisotopic (exact) mass is 290 g/mol. The molecular weight excluding hydrogens is 273 g/mol. The molecule has 0 aromatic heterocycles. The van der Waals surface area contributed by atoms with Gasteiger partial charge in [0.15, 0.2) is 0 Å². The zero-order valence-electron chi connectivity index (χ0n) is 12.3. The molecule has 1 aliphatic carbocycles. The lowest BCUT2D eigenvalue weighted by Gasteiger charge is -2.20. The first-order chi connectivity index (χ1) is 9.66.